The first-order chi connectivity index (χ1) is 10.6. The highest BCUT2D eigenvalue weighted by atomic mass is 16.3. The van der Waals surface area contributed by atoms with Gasteiger partial charge in [0.1, 0.15) is 0 Å². The lowest BCUT2D eigenvalue weighted by Crippen LogP contribution is -2.33. The number of amides is 1. The number of rotatable bonds is 4. The second kappa shape index (κ2) is 5.71. The van der Waals surface area contributed by atoms with Crippen LogP contribution in [0.5, 0.6) is 0 Å². The molecule has 3 N–H and O–H groups in total. The van der Waals surface area contributed by atoms with E-state index >= 15 is 0 Å². The fourth-order valence-corrected chi connectivity index (χ4v) is 2.55. The van der Waals surface area contributed by atoms with Crippen molar-refractivity contribution < 1.29 is 19.8 Å². The van der Waals surface area contributed by atoms with Gasteiger partial charge < -0.3 is 15.5 Å². The number of ketones is 1. The van der Waals surface area contributed by atoms with Crippen LogP contribution in [0, 0.1) is 0 Å². The lowest BCUT2D eigenvalue weighted by Gasteiger charge is -2.09. The fraction of sp³-hybridized carbons (Fsp3) is 0.176. The van der Waals surface area contributed by atoms with Crippen LogP contribution in [-0.4, -0.2) is 41.2 Å². The molecule has 5 heteroatoms. The summed E-state index contributed by atoms with van der Waals surface area (Å²) in [4.78, 5) is 24.4. The van der Waals surface area contributed by atoms with Crippen molar-refractivity contribution in [2.24, 2.45) is 0 Å². The van der Waals surface area contributed by atoms with Crippen LogP contribution < -0.4 is 5.32 Å². The van der Waals surface area contributed by atoms with Crippen molar-refractivity contribution in [1.29, 1.82) is 0 Å². The highest BCUT2D eigenvalue weighted by Gasteiger charge is 2.26. The van der Waals surface area contributed by atoms with Crippen LogP contribution in [0.4, 0.5) is 0 Å². The van der Waals surface area contributed by atoms with Crippen LogP contribution >= 0.6 is 0 Å². The third kappa shape index (κ3) is 2.41. The summed E-state index contributed by atoms with van der Waals surface area (Å²) < 4.78 is 0. The third-order valence-corrected chi connectivity index (χ3v) is 3.70. The zero-order valence-electron chi connectivity index (χ0n) is 11.7. The summed E-state index contributed by atoms with van der Waals surface area (Å²) >= 11 is 0. The van der Waals surface area contributed by atoms with E-state index in [1.807, 2.05) is 18.2 Å². The molecule has 2 aromatic carbocycles. The maximum absolute atomic E-state index is 12.4. The Labute approximate surface area is 127 Å². The molecule has 1 aliphatic carbocycles. The smallest absolute Gasteiger partial charge is 0.251 e. The topological polar surface area (TPSA) is 86.6 Å². The maximum atomic E-state index is 12.4. The molecule has 3 rings (SSSR count). The number of hydrogen-bond acceptors (Lipinski definition) is 4. The first kappa shape index (κ1) is 14.4. The molecule has 0 radical (unpaired) electrons. The average molecular weight is 297 g/mol. The second-order valence-electron chi connectivity index (χ2n) is 5.18. The highest BCUT2D eigenvalue weighted by Crippen LogP contribution is 2.36. The summed E-state index contributed by atoms with van der Waals surface area (Å²) in [5.74, 6) is -0.477. The molecule has 5 nitrogen and oxygen atoms in total. The summed E-state index contributed by atoms with van der Waals surface area (Å²) in [6.07, 6.45) is -0.996. The van der Waals surface area contributed by atoms with E-state index in [2.05, 4.69) is 5.32 Å². The minimum Gasteiger partial charge on any atom is -0.394 e. The second-order valence-corrected chi connectivity index (χ2v) is 5.18. The molecule has 1 amide bonds. The number of carbonyl (C=O) groups excluding carboxylic acids is 2. The van der Waals surface area contributed by atoms with E-state index in [1.54, 1.807) is 24.3 Å². The average Bonchev–Trinajstić information content (AvgIpc) is 2.85. The van der Waals surface area contributed by atoms with Gasteiger partial charge in [0.05, 0.1) is 12.7 Å². The summed E-state index contributed by atoms with van der Waals surface area (Å²) in [5.41, 5.74) is 3.21. The molecular formula is C17H15NO4. The van der Waals surface area contributed by atoms with Gasteiger partial charge in [-0.2, -0.15) is 0 Å². The predicted molar refractivity (Wildman–Crippen MR) is 80.7 cm³/mol. The Morgan fingerprint density at radius 1 is 1.05 bits per heavy atom. The molecule has 0 aromatic heterocycles. The number of fused-ring (bicyclic) bond motifs is 3. The Morgan fingerprint density at radius 3 is 2.45 bits per heavy atom. The monoisotopic (exact) mass is 297 g/mol. The molecular weight excluding hydrogens is 282 g/mol. The van der Waals surface area contributed by atoms with Crippen molar-refractivity contribution >= 4 is 11.7 Å². The lowest BCUT2D eigenvalue weighted by molar-refractivity contribution is 0.0802. The van der Waals surface area contributed by atoms with E-state index in [4.69, 9.17) is 5.11 Å². The molecule has 0 heterocycles. The van der Waals surface area contributed by atoms with Gasteiger partial charge >= 0.3 is 0 Å². The minimum atomic E-state index is -0.996. The zero-order valence-corrected chi connectivity index (χ0v) is 11.7. The fourth-order valence-electron chi connectivity index (χ4n) is 2.55. The van der Waals surface area contributed by atoms with Gasteiger partial charge in [-0.15, -0.1) is 0 Å². The van der Waals surface area contributed by atoms with Gasteiger partial charge in [-0.3, -0.25) is 9.59 Å². The molecule has 0 aliphatic heterocycles. The summed E-state index contributed by atoms with van der Waals surface area (Å²) in [6.45, 7) is -0.459. The number of hydrogen-bond donors (Lipinski definition) is 3. The van der Waals surface area contributed by atoms with Crippen molar-refractivity contribution in [3.63, 3.8) is 0 Å². The summed E-state index contributed by atoms with van der Waals surface area (Å²) in [7, 11) is 0. The van der Waals surface area contributed by atoms with Gasteiger partial charge in [-0.1, -0.05) is 30.3 Å². The van der Waals surface area contributed by atoms with Crippen LogP contribution in [-0.2, 0) is 0 Å². The van der Waals surface area contributed by atoms with Crippen LogP contribution in [0.3, 0.4) is 0 Å². The van der Waals surface area contributed by atoms with Gasteiger partial charge in [0.15, 0.2) is 5.78 Å². The largest absolute Gasteiger partial charge is 0.394 e. The molecule has 0 spiro atoms. The van der Waals surface area contributed by atoms with Crippen molar-refractivity contribution in [1.82, 2.24) is 5.32 Å². The number of carbonyl (C=O) groups is 2. The minimum absolute atomic E-state index is 0.0411. The Morgan fingerprint density at radius 2 is 1.73 bits per heavy atom. The molecule has 0 fully saturated rings. The van der Waals surface area contributed by atoms with Crippen molar-refractivity contribution in [3.8, 4) is 11.1 Å². The molecule has 112 valence electrons. The Kier molecular flexibility index (Phi) is 3.75. The molecule has 0 bridgehead atoms. The quantitative estimate of drug-likeness (QED) is 0.670. The number of nitrogens with one attached hydrogen (secondary N) is 1. The maximum Gasteiger partial charge on any atom is 0.251 e. The SMILES string of the molecule is O=C(NCC(O)CO)c1ccc2c(c1)C(=O)c1ccccc1-2. The van der Waals surface area contributed by atoms with Gasteiger partial charge in [0.2, 0.25) is 0 Å². The van der Waals surface area contributed by atoms with E-state index in [0.29, 0.717) is 16.7 Å². The van der Waals surface area contributed by atoms with Crippen molar-refractivity contribution in [2.75, 3.05) is 13.2 Å². The van der Waals surface area contributed by atoms with E-state index in [9.17, 15) is 14.7 Å². The normalized spacial score (nSPS) is 13.5. The van der Waals surface area contributed by atoms with Crippen LogP contribution in [0.15, 0.2) is 42.5 Å². The first-order valence-corrected chi connectivity index (χ1v) is 6.97. The van der Waals surface area contributed by atoms with Crippen molar-refractivity contribution in [2.45, 2.75) is 6.10 Å². The molecule has 1 aliphatic rings. The first-order valence-electron chi connectivity index (χ1n) is 6.97. The molecule has 2 aromatic rings. The molecule has 1 atom stereocenters. The lowest BCUT2D eigenvalue weighted by atomic mass is 10.0. The standard InChI is InChI=1S/C17H15NO4/c19-9-11(20)8-18-17(22)10-5-6-13-12-3-1-2-4-14(12)16(21)15(13)7-10/h1-7,11,19-20H,8-9H2,(H,18,22). The Bertz CT molecular complexity index is 754. The molecule has 1 unspecified atom stereocenters. The van der Waals surface area contributed by atoms with Crippen LogP contribution in [0.25, 0.3) is 11.1 Å². The molecule has 0 saturated heterocycles. The summed E-state index contributed by atoms with van der Waals surface area (Å²) in [5, 5.41) is 20.5. The van der Waals surface area contributed by atoms with Crippen LogP contribution in [0.1, 0.15) is 26.3 Å². The van der Waals surface area contributed by atoms with Gasteiger partial charge in [-0.25, -0.2) is 0 Å². The predicted octanol–water partition coefficient (Wildman–Crippen LogP) is 0.981. The van der Waals surface area contributed by atoms with E-state index in [1.165, 1.54) is 0 Å². The number of benzene rings is 2. The third-order valence-electron chi connectivity index (χ3n) is 3.70. The van der Waals surface area contributed by atoms with Crippen molar-refractivity contribution in [3.05, 3.63) is 59.2 Å². The molecule has 0 saturated carbocycles. The number of aliphatic hydroxyl groups is 2. The van der Waals surface area contributed by atoms with E-state index in [0.717, 1.165) is 11.1 Å². The zero-order chi connectivity index (χ0) is 15.7. The van der Waals surface area contributed by atoms with E-state index in [-0.39, 0.29) is 18.2 Å². The number of aliphatic hydroxyl groups excluding tert-OH is 2. The Hall–Kier alpha value is -2.50. The Balaban J connectivity index is 1.87. The highest BCUT2D eigenvalue weighted by molar-refractivity contribution is 6.22. The summed E-state index contributed by atoms with van der Waals surface area (Å²) in [6, 6.07) is 12.3. The molecule has 22 heavy (non-hydrogen) atoms. The van der Waals surface area contributed by atoms with Gasteiger partial charge in [0, 0.05) is 23.2 Å². The van der Waals surface area contributed by atoms with E-state index < -0.39 is 12.7 Å². The van der Waals surface area contributed by atoms with Gasteiger partial charge in [-0.05, 0) is 23.3 Å². The van der Waals surface area contributed by atoms with Crippen LogP contribution in [0.2, 0.25) is 0 Å². The van der Waals surface area contributed by atoms with Gasteiger partial charge in [0.25, 0.3) is 5.91 Å².